The number of allylic oxidation sites excluding steroid dienone is 2. The fourth-order valence-corrected chi connectivity index (χ4v) is 2.64. The maximum atomic E-state index is 11.3. The zero-order valence-electron chi connectivity index (χ0n) is 7.64. The predicted octanol–water partition coefficient (Wildman–Crippen LogP) is 2.21. The molecule has 0 fully saturated rings. The second kappa shape index (κ2) is 3.53. The summed E-state index contributed by atoms with van der Waals surface area (Å²) in [6.07, 6.45) is 7.70. The topological polar surface area (TPSA) is 50.2 Å². The zero-order valence-corrected chi connectivity index (χ0v) is 8.46. The summed E-state index contributed by atoms with van der Waals surface area (Å²) in [7, 11) is 0. The van der Waals surface area contributed by atoms with Gasteiger partial charge in [-0.1, -0.05) is 12.2 Å². The van der Waals surface area contributed by atoms with Crippen LogP contribution in [0.5, 0.6) is 0 Å². The number of nitrogens with zero attached hydrogens (tertiary/aromatic N) is 1. The highest BCUT2D eigenvalue weighted by atomic mass is 32.1. The van der Waals surface area contributed by atoms with Gasteiger partial charge in [-0.15, -0.1) is 11.3 Å². The molecule has 0 aliphatic heterocycles. The van der Waals surface area contributed by atoms with Crippen molar-refractivity contribution in [3.63, 3.8) is 0 Å². The average molecular weight is 209 g/mol. The Balaban J connectivity index is 2.41. The monoisotopic (exact) mass is 209 g/mol. The summed E-state index contributed by atoms with van der Waals surface area (Å²) >= 11 is 1.43. The van der Waals surface area contributed by atoms with Gasteiger partial charge < -0.3 is 5.11 Å². The Hall–Kier alpha value is -1.16. The van der Waals surface area contributed by atoms with Gasteiger partial charge in [0.1, 0.15) is 10.4 Å². The number of carbonyl (C=O) groups is 1. The molecule has 0 radical (unpaired) electrons. The normalized spacial score (nSPS) is 26.3. The molecule has 1 atom stereocenters. The molecule has 1 aliphatic carbocycles. The van der Waals surface area contributed by atoms with Gasteiger partial charge in [0, 0.05) is 11.6 Å². The Morgan fingerprint density at radius 2 is 2.43 bits per heavy atom. The largest absolute Gasteiger partial charge is 0.481 e. The highest BCUT2D eigenvalue weighted by Gasteiger charge is 2.42. The number of rotatable bonds is 2. The van der Waals surface area contributed by atoms with Crippen LogP contribution in [0.3, 0.4) is 0 Å². The van der Waals surface area contributed by atoms with Gasteiger partial charge in [0.15, 0.2) is 0 Å². The Bertz CT molecular complexity index is 358. The van der Waals surface area contributed by atoms with Crippen LogP contribution in [-0.2, 0) is 10.2 Å². The molecule has 0 saturated heterocycles. The second-order valence-corrected chi connectivity index (χ2v) is 4.33. The van der Waals surface area contributed by atoms with Gasteiger partial charge in [-0.2, -0.15) is 0 Å². The molecule has 0 amide bonds. The first-order valence-electron chi connectivity index (χ1n) is 4.54. The third-order valence-electron chi connectivity index (χ3n) is 2.62. The van der Waals surface area contributed by atoms with Crippen molar-refractivity contribution < 1.29 is 9.90 Å². The number of aromatic nitrogens is 1. The van der Waals surface area contributed by atoms with E-state index in [2.05, 4.69) is 4.98 Å². The highest BCUT2D eigenvalue weighted by Crippen LogP contribution is 2.37. The summed E-state index contributed by atoms with van der Waals surface area (Å²) in [4.78, 5) is 15.4. The van der Waals surface area contributed by atoms with E-state index in [1.807, 2.05) is 17.5 Å². The van der Waals surface area contributed by atoms with Crippen LogP contribution in [0.25, 0.3) is 0 Å². The van der Waals surface area contributed by atoms with Gasteiger partial charge >= 0.3 is 5.97 Å². The van der Waals surface area contributed by atoms with E-state index in [1.165, 1.54) is 11.3 Å². The quantitative estimate of drug-likeness (QED) is 0.760. The molecule has 1 aromatic rings. The molecule has 1 unspecified atom stereocenters. The SMILES string of the molecule is O=C(O)C1(c2nccs2)CC=CCC1. The molecular weight excluding hydrogens is 198 g/mol. The third kappa shape index (κ3) is 1.35. The van der Waals surface area contributed by atoms with Gasteiger partial charge in [-0.05, 0) is 19.3 Å². The smallest absolute Gasteiger partial charge is 0.316 e. The number of thiazole rings is 1. The Labute approximate surface area is 86.1 Å². The lowest BCUT2D eigenvalue weighted by molar-refractivity contribution is -0.144. The van der Waals surface area contributed by atoms with Crippen molar-refractivity contribution >= 4 is 17.3 Å². The van der Waals surface area contributed by atoms with Crippen molar-refractivity contribution in [2.45, 2.75) is 24.7 Å². The fraction of sp³-hybridized carbons (Fsp3) is 0.400. The molecule has 4 heteroatoms. The second-order valence-electron chi connectivity index (χ2n) is 3.44. The van der Waals surface area contributed by atoms with Gasteiger partial charge in [-0.3, -0.25) is 4.79 Å². The molecule has 0 spiro atoms. The lowest BCUT2D eigenvalue weighted by atomic mass is 9.77. The minimum absolute atomic E-state index is 0.565. The van der Waals surface area contributed by atoms with E-state index in [0.29, 0.717) is 12.8 Å². The van der Waals surface area contributed by atoms with E-state index in [0.717, 1.165) is 11.4 Å². The van der Waals surface area contributed by atoms with Crippen LogP contribution in [0.2, 0.25) is 0 Å². The lowest BCUT2D eigenvalue weighted by Gasteiger charge is -2.27. The number of carboxylic acid groups (broad SMARTS) is 1. The van der Waals surface area contributed by atoms with Crippen molar-refractivity contribution in [3.05, 3.63) is 28.7 Å². The molecule has 1 aromatic heterocycles. The molecule has 0 bridgehead atoms. The maximum Gasteiger partial charge on any atom is 0.316 e. The molecule has 0 aromatic carbocycles. The number of hydrogen-bond donors (Lipinski definition) is 1. The number of carboxylic acids is 1. The third-order valence-corrected chi connectivity index (χ3v) is 3.60. The summed E-state index contributed by atoms with van der Waals surface area (Å²) in [5.41, 5.74) is -0.761. The first-order chi connectivity index (χ1) is 6.76. The predicted molar refractivity (Wildman–Crippen MR) is 54.4 cm³/mol. The zero-order chi connectivity index (χ0) is 10.0. The van der Waals surface area contributed by atoms with Gasteiger partial charge in [0.25, 0.3) is 0 Å². The summed E-state index contributed by atoms with van der Waals surface area (Å²) < 4.78 is 0. The van der Waals surface area contributed by atoms with E-state index >= 15 is 0 Å². The highest BCUT2D eigenvalue weighted by molar-refractivity contribution is 7.09. The van der Waals surface area contributed by atoms with E-state index in [9.17, 15) is 9.90 Å². The van der Waals surface area contributed by atoms with Crippen molar-refractivity contribution in [1.82, 2.24) is 4.98 Å². The Kier molecular flexibility index (Phi) is 2.37. The summed E-state index contributed by atoms with van der Waals surface area (Å²) in [5, 5.41) is 11.9. The van der Waals surface area contributed by atoms with Gasteiger partial charge in [-0.25, -0.2) is 4.98 Å². The van der Waals surface area contributed by atoms with Crippen molar-refractivity contribution in [2.24, 2.45) is 0 Å². The van der Waals surface area contributed by atoms with Crippen LogP contribution in [0.15, 0.2) is 23.7 Å². The lowest BCUT2D eigenvalue weighted by Crippen LogP contribution is -2.36. The molecule has 74 valence electrons. The van der Waals surface area contributed by atoms with E-state index in [4.69, 9.17) is 0 Å². The molecule has 1 N–H and O–H groups in total. The molecule has 0 saturated carbocycles. The number of hydrogen-bond acceptors (Lipinski definition) is 3. The maximum absolute atomic E-state index is 11.3. The van der Waals surface area contributed by atoms with Gasteiger partial charge in [0.05, 0.1) is 0 Å². The van der Waals surface area contributed by atoms with Crippen LogP contribution in [0.4, 0.5) is 0 Å². The molecule has 2 rings (SSSR count). The van der Waals surface area contributed by atoms with E-state index in [-0.39, 0.29) is 0 Å². The van der Waals surface area contributed by atoms with Crippen molar-refractivity contribution in [1.29, 1.82) is 0 Å². The first-order valence-corrected chi connectivity index (χ1v) is 5.42. The van der Waals surface area contributed by atoms with Gasteiger partial charge in [0.2, 0.25) is 0 Å². The molecule has 14 heavy (non-hydrogen) atoms. The summed E-state index contributed by atoms with van der Waals surface area (Å²) in [5.74, 6) is -0.753. The van der Waals surface area contributed by atoms with Crippen molar-refractivity contribution in [3.8, 4) is 0 Å². The van der Waals surface area contributed by atoms with Crippen LogP contribution in [-0.4, -0.2) is 16.1 Å². The fourth-order valence-electron chi connectivity index (χ4n) is 1.77. The molecular formula is C10H11NO2S. The number of aliphatic carboxylic acids is 1. The summed E-state index contributed by atoms with van der Waals surface area (Å²) in [6.45, 7) is 0. The van der Waals surface area contributed by atoms with E-state index < -0.39 is 11.4 Å². The van der Waals surface area contributed by atoms with Crippen molar-refractivity contribution in [2.75, 3.05) is 0 Å². The van der Waals surface area contributed by atoms with Crippen LogP contribution in [0.1, 0.15) is 24.3 Å². The average Bonchev–Trinajstić information content (AvgIpc) is 2.72. The molecule has 1 aliphatic rings. The Morgan fingerprint density at radius 3 is 2.93 bits per heavy atom. The molecule has 1 heterocycles. The molecule has 3 nitrogen and oxygen atoms in total. The minimum atomic E-state index is -0.761. The van der Waals surface area contributed by atoms with E-state index in [1.54, 1.807) is 6.20 Å². The summed E-state index contributed by atoms with van der Waals surface area (Å²) in [6, 6.07) is 0. The first kappa shape index (κ1) is 9.40. The standard InChI is InChI=1S/C10H11NO2S/c12-9(13)10(4-2-1-3-5-10)8-11-6-7-14-8/h1-2,6-7H,3-5H2,(H,12,13). The minimum Gasteiger partial charge on any atom is -0.481 e. The van der Waals surface area contributed by atoms with Crippen LogP contribution >= 0.6 is 11.3 Å². The Morgan fingerprint density at radius 1 is 1.57 bits per heavy atom. The van der Waals surface area contributed by atoms with Crippen LogP contribution in [0, 0.1) is 0 Å². The van der Waals surface area contributed by atoms with Crippen LogP contribution < -0.4 is 0 Å².